The molecule has 0 fully saturated rings. The van der Waals surface area contributed by atoms with E-state index in [0.29, 0.717) is 17.8 Å². The van der Waals surface area contributed by atoms with Gasteiger partial charge in [0, 0.05) is 6.54 Å². The molecule has 0 unspecified atom stereocenters. The van der Waals surface area contributed by atoms with Gasteiger partial charge in [0.2, 0.25) is 5.91 Å². The van der Waals surface area contributed by atoms with Crippen molar-refractivity contribution in [3.63, 3.8) is 0 Å². The molecule has 0 aromatic heterocycles. The summed E-state index contributed by atoms with van der Waals surface area (Å²) in [5.74, 6) is -0.0807. The summed E-state index contributed by atoms with van der Waals surface area (Å²) in [7, 11) is 0. The van der Waals surface area contributed by atoms with Gasteiger partial charge in [-0.15, -0.1) is 0 Å². The number of hydrogen-bond donors (Lipinski definition) is 1. The Morgan fingerprint density at radius 2 is 2.24 bits per heavy atom. The van der Waals surface area contributed by atoms with E-state index in [0.717, 1.165) is 5.69 Å². The average molecular weight is 226 g/mol. The van der Waals surface area contributed by atoms with E-state index in [4.69, 9.17) is 10.5 Å². The van der Waals surface area contributed by atoms with Crippen molar-refractivity contribution in [3.05, 3.63) is 23.8 Å². The van der Waals surface area contributed by atoms with Crippen LogP contribution in [0.3, 0.4) is 0 Å². The molecule has 1 heterocycles. The molecular weight excluding hydrogens is 216 g/mol. The van der Waals surface area contributed by atoms with Crippen molar-refractivity contribution in [2.75, 3.05) is 23.3 Å². The lowest BCUT2D eigenvalue weighted by molar-refractivity contribution is -0.117. The second-order valence-electron chi connectivity index (χ2n) is 3.65. The maximum absolute atomic E-state index is 11.7. The molecule has 1 aliphatic rings. The van der Waals surface area contributed by atoms with Gasteiger partial charge in [-0.05, 0) is 18.2 Å². The zero-order valence-electron chi connectivity index (χ0n) is 9.10. The lowest BCUT2D eigenvalue weighted by Gasteiger charge is -2.29. The van der Waals surface area contributed by atoms with Crippen LogP contribution in [-0.4, -0.2) is 19.0 Å². The van der Waals surface area contributed by atoms with Crippen LogP contribution in [0.4, 0.5) is 11.4 Å². The van der Waals surface area contributed by atoms with E-state index in [1.807, 2.05) is 12.1 Å². The summed E-state index contributed by atoms with van der Waals surface area (Å²) in [6, 6.07) is 9.19. The first-order chi connectivity index (χ1) is 8.26. The van der Waals surface area contributed by atoms with Crippen LogP contribution < -0.4 is 10.2 Å². The van der Waals surface area contributed by atoms with Crippen LogP contribution in [0.2, 0.25) is 0 Å². The summed E-state index contributed by atoms with van der Waals surface area (Å²) >= 11 is 0. The number of carbonyl (C=O) groups excluding carboxylic acids is 1. The summed E-state index contributed by atoms with van der Waals surface area (Å²) in [5.41, 5.74) is 2.00. The van der Waals surface area contributed by atoms with Crippen molar-refractivity contribution in [1.29, 1.82) is 10.5 Å². The number of nitrogens with zero attached hydrogens (tertiary/aromatic N) is 3. The Bertz CT molecular complexity index is 538. The number of anilines is 2. The van der Waals surface area contributed by atoms with Gasteiger partial charge in [-0.2, -0.15) is 10.5 Å². The topological polar surface area (TPSA) is 79.9 Å². The molecule has 0 radical (unpaired) electrons. The first kappa shape index (κ1) is 11.0. The number of rotatable bonds is 2. The maximum Gasteiger partial charge on any atom is 0.246 e. The summed E-state index contributed by atoms with van der Waals surface area (Å²) in [5, 5.41) is 20.4. The molecule has 0 bridgehead atoms. The molecule has 1 aromatic carbocycles. The van der Waals surface area contributed by atoms with Gasteiger partial charge < -0.3 is 10.2 Å². The predicted molar refractivity (Wildman–Crippen MR) is 62.2 cm³/mol. The molecule has 0 saturated carbocycles. The van der Waals surface area contributed by atoms with Crippen LogP contribution in [0.1, 0.15) is 12.0 Å². The van der Waals surface area contributed by atoms with E-state index in [1.54, 1.807) is 23.1 Å². The fourth-order valence-corrected chi connectivity index (χ4v) is 1.78. The highest BCUT2D eigenvalue weighted by Crippen LogP contribution is 2.30. The Labute approximate surface area is 98.9 Å². The Kier molecular flexibility index (Phi) is 2.93. The molecular formula is C12H10N4O. The molecule has 0 spiro atoms. The van der Waals surface area contributed by atoms with Crippen molar-refractivity contribution in [2.24, 2.45) is 0 Å². The molecule has 5 nitrogen and oxygen atoms in total. The Hall–Kier alpha value is -2.53. The van der Waals surface area contributed by atoms with Crippen LogP contribution in [0, 0.1) is 22.7 Å². The largest absolute Gasteiger partial charge is 0.374 e. The lowest BCUT2D eigenvalue weighted by Crippen LogP contribution is -2.40. The normalized spacial score (nSPS) is 13.3. The number of amides is 1. The third-order valence-electron chi connectivity index (χ3n) is 2.60. The van der Waals surface area contributed by atoms with Gasteiger partial charge in [0.15, 0.2) is 0 Å². The standard InChI is InChI=1S/C12H10N4O/c13-4-1-5-16-11-6-9(7-14)2-3-10(11)15-8-12(16)17/h2-3,6,15H,1,5,8H2. The number of benzene rings is 1. The molecule has 84 valence electrons. The van der Waals surface area contributed by atoms with E-state index >= 15 is 0 Å². The van der Waals surface area contributed by atoms with Crippen molar-refractivity contribution < 1.29 is 4.79 Å². The van der Waals surface area contributed by atoms with Gasteiger partial charge in [-0.3, -0.25) is 4.79 Å². The smallest absolute Gasteiger partial charge is 0.246 e. The highest BCUT2D eigenvalue weighted by Gasteiger charge is 2.23. The molecule has 17 heavy (non-hydrogen) atoms. The lowest BCUT2D eigenvalue weighted by atomic mass is 10.1. The molecule has 1 aromatic rings. The van der Waals surface area contributed by atoms with Crippen molar-refractivity contribution in [1.82, 2.24) is 0 Å². The van der Waals surface area contributed by atoms with Crippen LogP contribution in [0.25, 0.3) is 0 Å². The molecule has 0 atom stereocenters. The molecule has 5 heteroatoms. The Morgan fingerprint density at radius 3 is 2.94 bits per heavy atom. The average Bonchev–Trinajstić information content (AvgIpc) is 2.37. The molecule has 0 saturated heterocycles. The highest BCUT2D eigenvalue weighted by atomic mass is 16.2. The summed E-state index contributed by atoms with van der Waals surface area (Å²) in [4.78, 5) is 13.3. The molecule has 1 N–H and O–H groups in total. The Morgan fingerprint density at radius 1 is 1.41 bits per heavy atom. The number of nitriles is 2. The second kappa shape index (κ2) is 4.54. The molecule has 2 rings (SSSR count). The number of carbonyl (C=O) groups is 1. The third kappa shape index (κ3) is 2.04. The van der Waals surface area contributed by atoms with Gasteiger partial charge in [0.1, 0.15) is 0 Å². The minimum Gasteiger partial charge on any atom is -0.374 e. The van der Waals surface area contributed by atoms with E-state index < -0.39 is 0 Å². The van der Waals surface area contributed by atoms with E-state index in [9.17, 15) is 4.79 Å². The molecule has 1 amide bonds. The summed E-state index contributed by atoms with van der Waals surface area (Å²) in [6.07, 6.45) is 0.280. The van der Waals surface area contributed by atoms with Gasteiger partial charge in [-0.25, -0.2) is 0 Å². The van der Waals surface area contributed by atoms with Gasteiger partial charge in [0.05, 0.1) is 42.0 Å². The fraction of sp³-hybridized carbons (Fsp3) is 0.250. The number of fused-ring (bicyclic) bond motifs is 1. The zero-order valence-corrected chi connectivity index (χ0v) is 9.10. The van der Waals surface area contributed by atoms with E-state index in [2.05, 4.69) is 5.32 Å². The van der Waals surface area contributed by atoms with Crippen molar-refractivity contribution >= 4 is 17.3 Å². The zero-order chi connectivity index (χ0) is 12.3. The minimum absolute atomic E-state index is 0.0807. The van der Waals surface area contributed by atoms with Crippen LogP contribution in [0.15, 0.2) is 18.2 Å². The maximum atomic E-state index is 11.7. The fourth-order valence-electron chi connectivity index (χ4n) is 1.78. The SMILES string of the molecule is N#CCCN1C(=O)CNc2ccc(C#N)cc21. The summed E-state index contributed by atoms with van der Waals surface area (Å²) < 4.78 is 0. The van der Waals surface area contributed by atoms with Crippen LogP contribution >= 0.6 is 0 Å². The number of hydrogen-bond acceptors (Lipinski definition) is 4. The van der Waals surface area contributed by atoms with Crippen LogP contribution in [0.5, 0.6) is 0 Å². The van der Waals surface area contributed by atoms with E-state index in [-0.39, 0.29) is 18.9 Å². The monoisotopic (exact) mass is 226 g/mol. The van der Waals surface area contributed by atoms with Gasteiger partial charge in [0.25, 0.3) is 0 Å². The Balaban J connectivity index is 2.39. The van der Waals surface area contributed by atoms with Gasteiger partial charge >= 0.3 is 0 Å². The summed E-state index contributed by atoms with van der Waals surface area (Å²) in [6.45, 7) is 0.587. The third-order valence-corrected chi connectivity index (χ3v) is 2.60. The molecule has 0 aliphatic carbocycles. The molecule has 1 aliphatic heterocycles. The van der Waals surface area contributed by atoms with Crippen molar-refractivity contribution in [2.45, 2.75) is 6.42 Å². The minimum atomic E-state index is -0.0807. The first-order valence-electron chi connectivity index (χ1n) is 5.21. The van der Waals surface area contributed by atoms with Gasteiger partial charge in [-0.1, -0.05) is 0 Å². The van der Waals surface area contributed by atoms with Crippen molar-refractivity contribution in [3.8, 4) is 12.1 Å². The second-order valence-corrected chi connectivity index (χ2v) is 3.65. The predicted octanol–water partition coefficient (Wildman–Crippen LogP) is 1.23. The number of nitrogens with one attached hydrogen (secondary N) is 1. The quantitative estimate of drug-likeness (QED) is 0.822. The first-order valence-corrected chi connectivity index (χ1v) is 5.21. The highest BCUT2D eigenvalue weighted by molar-refractivity contribution is 6.02. The van der Waals surface area contributed by atoms with Crippen LogP contribution in [-0.2, 0) is 4.79 Å². The van der Waals surface area contributed by atoms with E-state index in [1.165, 1.54) is 0 Å².